The number of carbonyl (C=O) groups excluding carboxylic acids is 1. The number of aromatic nitrogens is 5. The molecule has 0 fully saturated rings. The Balaban J connectivity index is 2.13. The number of nitrogens with one attached hydrogen (secondary N) is 2. The Morgan fingerprint density at radius 2 is 2.03 bits per heavy atom. The fourth-order valence-corrected chi connectivity index (χ4v) is 2.82. The highest BCUT2D eigenvalue weighted by Crippen LogP contribution is 2.37. The van der Waals surface area contributed by atoms with Gasteiger partial charge in [-0.3, -0.25) is 9.89 Å². The summed E-state index contributed by atoms with van der Waals surface area (Å²) in [5.74, 6) is -0.580. The molecule has 0 aliphatic rings. The van der Waals surface area contributed by atoms with Gasteiger partial charge in [0.05, 0.1) is 26.0 Å². The first-order valence-electron chi connectivity index (χ1n) is 9.54. The van der Waals surface area contributed by atoms with Gasteiger partial charge in [0.25, 0.3) is 17.1 Å². The number of aromatic amines is 2. The van der Waals surface area contributed by atoms with Gasteiger partial charge < -0.3 is 14.5 Å². The van der Waals surface area contributed by atoms with Gasteiger partial charge in [0.15, 0.2) is 5.65 Å². The van der Waals surface area contributed by atoms with Crippen LogP contribution in [0.1, 0.15) is 50.7 Å². The van der Waals surface area contributed by atoms with Gasteiger partial charge in [-0.2, -0.15) is 14.7 Å². The van der Waals surface area contributed by atoms with Gasteiger partial charge in [0.2, 0.25) is 11.5 Å². The lowest BCUT2D eigenvalue weighted by molar-refractivity contribution is 0.0528. The highest BCUT2D eigenvalue weighted by molar-refractivity contribution is 5.95. The van der Waals surface area contributed by atoms with E-state index in [1.54, 1.807) is 13.8 Å². The van der Waals surface area contributed by atoms with E-state index in [9.17, 15) is 9.59 Å². The molecule has 0 aromatic carbocycles. The van der Waals surface area contributed by atoms with Crippen LogP contribution in [0.4, 0.5) is 17.2 Å². The van der Waals surface area contributed by atoms with Crippen molar-refractivity contribution in [3.63, 3.8) is 0 Å². The zero-order valence-electron chi connectivity index (χ0n) is 17.8. The molecule has 0 atom stereocenters. The first-order chi connectivity index (χ1) is 14.7. The van der Waals surface area contributed by atoms with Gasteiger partial charge in [-0.05, 0) is 19.3 Å². The van der Waals surface area contributed by atoms with Crippen LogP contribution in [0.2, 0.25) is 0 Å². The molecule has 3 heterocycles. The number of carbonyl (C=O) groups is 1. The molecule has 12 heteroatoms. The normalized spacial score (nSPS) is 11.7. The third-order valence-corrected chi connectivity index (χ3v) is 4.22. The largest absolute Gasteiger partial charge is 0.476 e. The number of hydrogen-bond acceptors (Lipinski definition) is 8. The SMILES string of the molecule is [C-]#[N+]c1c(N=Nc2c(OCC)n3ncc(C(=O)OCC)c3[nH]c2=O)n[nH]c1C(C)(C)C. The Hall–Kier alpha value is -4.01. The van der Waals surface area contributed by atoms with Crippen LogP contribution in [-0.2, 0) is 10.2 Å². The summed E-state index contributed by atoms with van der Waals surface area (Å²) < 4.78 is 11.8. The van der Waals surface area contributed by atoms with Crippen LogP contribution in [0.5, 0.6) is 5.88 Å². The standard InChI is InChI=1S/C19H22N8O4/c1-7-30-17-12(23-25-14-11(20-6)13(24-26-14)19(3,4)5)16(28)22-15-10(9-21-27(15)17)18(29)31-8-2/h9H,7-8H2,1-5H3,(H,22,28)(H,24,26). The second-order valence-corrected chi connectivity index (χ2v) is 7.41. The van der Waals surface area contributed by atoms with Crippen LogP contribution in [0.15, 0.2) is 21.2 Å². The van der Waals surface area contributed by atoms with E-state index in [2.05, 4.69) is 35.4 Å². The molecule has 0 saturated carbocycles. The number of rotatable bonds is 6. The summed E-state index contributed by atoms with van der Waals surface area (Å²) in [6, 6.07) is 0. The summed E-state index contributed by atoms with van der Waals surface area (Å²) in [6.45, 7) is 17.0. The number of esters is 1. The van der Waals surface area contributed by atoms with Crippen molar-refractivity contribution in [1.29, 1.82) is 0 Å². The van der Waals surface area contributed by atoms with Crippen molar-refractivity contribution >= 4 is 28.8 Å². The van der Waals surface area contributed by atoms with Gasteiger partial charge in [-0.1, -0.05) is 20.8 Å². The van der Waals surface area contributed by atoms with Crippen molar-refractivity contribution in [2.75, 3.05) is 13.2 Å². The lowest BCUT2D eigenvalue weighted by Gasteiger charge is -2.16. The Bertz CT molecular complexity index is 1250. The lowest BCUT2D eigenvalue weighted by Crippen LogP contribution is -2.14. The molecule has 0 unspecified atom stereocenters. The van der Waals surface area contributed by atoms with Crippen molar-refractivity contribution in [3.8, 4) is 5.88 Å². The van der Waals surface area contributed by atoms with Crippen LogP contribution in [0.3, 0.4) is 0 Å². The number of nitrogens with zero attached hydrogens (tertiary/aromatic N) is 6. The maximum atomic E-state index is 12.7. The fourth-order valence-electron chi connectivity index (χ4n) is 2.82. The quantitative estimate of drug-likeness (QED) is 0.350. The maximum Gasteiger partial charge on any atom is 0.343 e. The molecular formula is C19H22N8O4. The monoisotopic (exact) mass is 426 g/mol. The molecule has 3 aromatic rings. The first-order valence-corrected chi connectivity index (χ1v) is 9.54. The average molecular weight is 426 g/mol. The Labute approximate surface area is 177 Å². The van der Waals surface area contributed by atoms with E-state index in [0.717, 1.165) is 0 Å². The molecule has 0 spiro atoms. The van der Waals surface area contributed by atoms with Crippen LogP contribution in [0.25, 0.3) is 10.5 Å². The van der Waals surface area contributed by atoms with Crippen LogP contribution in [0, 0.1) is 6.57 Å². The third-order valence-electron chi connectivity index (χ3n) is 4.22. The van der Waals surface area contributed by atoms with E-state index in [4.69, 9.17) is 16.0 Å². The molecule has 162 valence electrons. The average Bonchev–Trinajstić information content (AvgIpc) is 3.31. The molecule has 0 saturated heterocycles. The zero-order valence-corrected chi connectivity index (χ0v) is 17.8. The number of fused-ring (bicyclic) bond motifs is 1. The summed E-state index contributed by atoms with van der Waals surface area (Å²) in [5, 5.41) is 19.0. The topological polar surface area (TPSA) is 143 Å². The van der Waals surface area contributed by atoms with Gasteiger partial charge in [-0.25, -0.2) is 9.64 Å². The van der Waals surface area contributed by atoms with Crippen molar-refractivity contribution in [1.82, 2.24) is 24.8 Å². The molecule has 0 amide bonds. The molecule has 0 aliphatic heterocycles. The van der Waals surface area contributed by atoms with Crippen LogP contribution < -0.4 is 10.3 Å². The van der Waals surface area contributed by atoms with Gasteiger partial charge in [0, 0.05) is 5.69 Å². The highest BCUT2D eigenvalue weighted by Gasteiger charge is 2.25. The predicted molar refractivity (Wildman–Crippen MR) is 111 cm³/mol. The number of hydrogen-bond donors (Lipinski definition) is 2. The molecule has 0 bridgehead atoms. The lowest BCUT2D eigenvalue weighted by atomic mass is 9.91. The number of ether oxygens (including phenoxy) is 2. The summed E-state index contributed by atoms with van der Waals surface area (Å²) in [7, 11) is 0. The maximum absolute atomic E-state index is 12.7. The van der Waals surface area contributed by atoms with Crippen molar-refractivity contribution < 1.29 is 14.3 Å². The van der Waals surface area contributed by atoms with E-state index >= 15 is 0 Å². The molecular weight excluding hydrogens is 404 g/mol. The summed E-state index contributed by atoms with van der Waals surface area (Å²) in [4.78, 5) is 30.9. The van der Waals surface area contributed by atoms with E-state index in [1.165, 1.54) is 10.7 Å². The molecule has 0 aliphatic carbocycles. The van der Waals surface area contributed by atoms with E-state index in [0.29, 0.717) is 5.69 Å². The second kappa shape index (κ2) is 8.39. The fraction of sp³-hybridized carbons (Fsp3) is 0.421. The molecule has 0 radical (unpaired) electrons. The van der Waals surface area contributed by atoms with Crippen molar-refractivity contribution in [2.24, 2.45) is 10.2 Å². The minimum Gasteiger partial charge on any atom is -0.476 e. The molecule has 3 rings (SSSR count). The molecule has 2 N–H and O–H groups in total. The van der Waals surface area contributed by atoms with E-state index in [1.807, 2.05) is 20.8 Å². The van der Waals surface area contributed by atoms with Gasteiger partial charge in [-0.15, -0.1) is 10.2 Å². The summed E-state index contributed by atoms with van der Waals surface area (Å²) >= 11 is 0. The Morgan fingerprint density at radius 3 is 2.65 bits per heavy atom. The van der Waals surface area contributed by atoms with Gasteiger partial charge in [0.1, 0.15) is 5.56 Å². The Morgan fingerprint density at radius 1 is 1.29 bits per heavy atom. The summed E-state index contributed by atoms with van der Waals surface area (Å²) in [5.41, 5.74) is -0.159. The van der Waals surface area contributed by atoms with Crippen LogP contribution >= 0.6 is 0 Å². The minimum atomic E-state index is -0.651. The number of azo groups is 1. The first kappa shape index (κ1) is 21.7. The summed E-state index contributed by atoms with van der Waals surface area (Å²) in [6.07, 6.45) is 1.27. The number of H-pyrrole nitrogens is 2. The zero-order chi connectivity index (χ0) is 22.8. The molecule has 31 heavy (non-hydrogen) atoms. The predicted octanol–water partition coefficient (Wildman–Crippen LogP) is 3.58. The Kier molecular flexibility index (Phi) is 5.87. The third kappa shape index (κ3) is 4.02. The molecule has 3 aromatic heterocycles. The van der Waals surface area contributed by atoms with E-state index in [-0.39, 0.29) is 52.9 Å². The van der Waals surface area contributed by atoms with Crippen molar-refractivity contribution in [2.45, 2.75) is 40.0 Å². The minimum absolute atomic E-state index is 0.00325. The van der Waals surface area contributed by atoms with Gasteiger partial charge >= 0.3 is 5.97 Å². The molecule has 12 nitrogen and oxygen atoms in total. The van der Waals surface area contributed by atoms with Crippen molar-refractivity contribution in [3.05, 3.63) is 39.2 Å². The second-order valence-electron chi connectivity index (χ2n) is 7.41. The van der Waals surface area contributed by atoms with Crippen LogP contribution in [-0.4, -0.2) is 44.0 Å². The van der Waals surface area contributed by atoms with E-state index < -0.39 is 11.5 Å². The smallest absolute Gasteiger partial charge is 0.343 e. The highest BCUT2D eigenvalue weighted by atomic mass is 16.5.